The number of nitrogens with zero attached hydrogens (tertiary/aromatic N) is 3. The van der Waals surface area contributed by atoms with Crippen LogP contribution in [0.5, 0.6) is 11.5 Å². The maximum Gasteiger partial charge on any atom is 0.158 e. The summed E-state index contributed by atoms with van der Waals surface area (Å²) in [4.78, 5) is 4.46. The van der Waals surface area contributed by atoms with Crippen LogP contribution in [-0.4, -0.2) is 28.8 Å². The first-order valence-electron chi connectivity index (χ1n) is 6.72. The maximum absolute atomic E-state index is 5.55. The SMILES string of the molecule is COc1ccc(-c2cc3nc(C)cc(NN)n3n2)c(OC)c1. The second kappa shape index (κ2) is 5.53. The fraction of sp³-hybridized carbons (Fsp3) is 0.200. The van der Waals surface area contributed by atoms with Crippen LogP contribution < -0.4 is 20.7 Å². The number of nitrogens with one attached hydrogen (secondary N) is 1. The van der Waals surface area contributed by atoms with Gasteiger partial charge in [-0.25, -0.2) is 10.8 Å². The zero-order valence-electron chi connectivity index (χ0n) is 12.6. The van der Waals surface area contributed by atoms with E-state index in [2.05, 4.69) is 15.5 Å². The molecule has 3 N–H and O–H groups in total. The average Bonchev–Trinajstić information content (AvgIpc) is 2.96. The van der Waals surface area contributed by atoms with Crippen molar-refractivity contribution in [3.05, 3.63) is 36.0 Å². The molecule has 0 unspecified atom stereocenters. The molecule has 1 aromatic carbocycles. The zero-order valence-corrected chi connectivity index (χ0v) is 12.6. The maximum atomic E-state index is 5.55. The molecular weight excluding hydrogens is 282 g/mol. The lowest BCUT2D eigenvalue weighted by Crippen LogP contribution is -2.12. The molecule has 2 heterocycles. The molecule has 7 nitrogen and oxygen atoms in total. The highest BCUT2D eigenvalue weighted by atomic mass is 16.5. The first-order valence-corrected chi connectivity index (χ1v) is 6.72. The lowest BCUT2D eigenvalue weighted by Gasteiger charge is -2.08. The van der Waals surface area contributed by atoms with Gasteiger partial charge >= 0.3 is 0 Å². The summed E-state index contributed by atoms with van der Waals surface area (Å²) >= 11 is 0. The number of ether oxygens (including phenoxy) is 2. The summed E-state index contributed by atoms with van der Waals surface area (Å²) in [6, 6.07) is 9.30. The van der Waals surface area contributed by atoms with Gasteiger partial charge in [0, 0.05) is 29.5 Å². The number of fused-ring (bicyclic) bond motifs is 1. The van der Waals surface area contributed by atoms with Crippen molar-refractivity contribution >= 4 is 11.5 Å². The van der Waals surface area contributed by atoms with Gasteiger partial charge in [0.2, 0.25) is 0 Å². The Bertz CT molecular complexity index is 828. The Morgan fingerprint density at radius 3 is 2.64 bits per heavy atom. The van der Waals surface area contributed by atoms with Crippen molar-refractivity contribution in [1.29, 1.82) is 0 Å². The molecule has 0 fully saturated rings. The van der Waals surface area contributed by atoms with E-state index in [9.17, 15) is 0 Å². The lowest BCUT2D eigenvalue weighted by atomic mass is 10.1. The van der Waals surface area contributed by atoms with E-state index in [0.717, 1.165) is 22.7 Å². The van der Waals surface area contributed by atoms with Gasteiger partial charge in [0.25, 0.3) is 0 Å². The molecule has 0 aliphatic heterocycles. The number of nitrogen functional groups attached to an aromatic ring is 1. The Balaban J connectivity index is 2.18. The van der Waals surface area contributed by atoms with E-state index in [0.29, 0.717) is 17.2 Å². The number of hydrogen-bond acceptors (Lipinski definition) is 6. The number of aryl methyl sites for hydroxylation is 1. The van der Waals surface area contributed by atoms with Crippen LogP contribution in [0.15, 0.2) is 30.3 Å². The van der Waals surface area contributed by atoms with Gasteiger partial charge in [-0.2, -0.15) is 9.61 Å². The van der Waals surface area contributed by atoms with Gasteiger partial charge in [-0.1, -0.05) is 0 Å². The van der Waals surface area contributed by atoms with Crippen LogP contribution in [0, 0.1) is 6.92 Å². The third-order valence-corrected chi connectivity index (χ3v) is 3.39. The molecule has 0 saturated heterocycles. The molecule has 3 rings (SSSR count). The number of aromatic nitrogens is 3. The number of rotatable bonds is 4. The molecule has 0 saturated carbocycles. The second-order valence-electron chi connectivity index (χ2n) is 4.79. The van der Waals surface area contributed by atoms with Gasteiger partial charge in [-0.15, -0.1) is 0 Å². The van der Waals surface area contributed by atoms with E-state index in [-0.39, 0.29) is 0 Å². The van der Waals surface area contributed by atoms with Crippen molar-refractivity contribution in [3.63, 3.8) is 0 Å². The molecule has 22 heavy (non-hydrogen) atoms. The van der Waals surface area contributed by atoms with E-state index < -0.39 is 0 Å². The smallest absolute Gasteiger partial charge is 0.158 e. The molecule has 0 aliphatic carbocycles. The van der Waals surface area contributed by atoms with Gasteiger partial charge in [0.1, 0.15) is 17.3 Å². The monoisotopic (exact) mass is 299 g/mol. The number of anilines is 1. The molecular formula is C15H17N5O2. The largest absolute Gasteiger partial charge is 0.497 e. The molecule has 114 valence electrons. The van der Waals surface area contributed by atoms with Crippen molar-refractivity contribution in [1.82, 2.24) is 14.6 Å². The van der Waals surface area contributed by atoms with E-state index in [4.69, 9.17) is 15.3 Å². The van der Waals surface area contributed by atoms with Gasteiger partial charge in [-0.05, 0) is 19.1 Å². The van der Waals surface area contributed by atoms with Gasteiger partial charge in [0.15, 0.2) is 5.65 Å². The van der Waals surface area contributed by atoms with Crippen LogP contribution in [-0.2, 0) is 0 Å². The van der Waals surface area contributed by atoms with Crippen molar-refractivity contribution < 1.29 is 9.47 Å². The fourth-order valence-corrected chi connectivity index (χ4v) is 2.34. The summed E-state index contributed by atoms with van der Waals surface area (Å²) in [5.41, 5.74) is 5.80. The van der Waals surface area contributed by atoms with Crippen LogP contribution in [0.3, 0.4) is 0 Å². The highest BCUT2D eigenvalue weighted by molar-refractivity contribution is 5.72. The predicted octanol–water partition coefficient (Wildman–Crippen LogP) is 2.01. The second-order valence-corrected chi connectivity index (χ2v) is 4.79. The number of benzene rings is 1. The normalized spacial score (nSPS) is 10.7. The summed E-state index contributed by atoms with van der Waals surface area (Å²) < 4.78 is 12.3. The van der Waals surface area contributed by atoms with Gasteiger partial charge in [-0.3, -0.25) is 0 Å². The first kappa shape index (κ1) is 14.2. The fourth-order valence-electron chi connectivity index (χ4n) is 2.34. The third-order valence-electron chi connectivity index (χ3n) is 3.39. The zero-order chi connectivity index (χ0) is 15.7. The molecule has 0 bridgehead atoms. The summed E-state index contributed by atoms with van der Waals surface area (Å²) in [7, 11) is 3.23. The van der Waals surface area contributed by atoms with E-state index in [1.54, 1.807) is 18.7 Å². The minimum Gasteiger partial charge on any atom is -0.497 e. The highest BCUT2D eigenvalue weighted by Gasteiger charge is 2.13. The summed E-state index contributed by atoms with van der Waals surface area (Å²) in [5, 5.41) is 4.55. The number of hydrogen-bond donors (Lipinski definition) is 2. The molecule has 0 spiro atoms. The predicted molar refractivity (Wildman–Crippen MR) is 84.1 cm³/mol. The van der Waals surface area contributed by atoms with E-state index in [1.807, 2.05) is 37.3 Å². The van der Waals surface area contributed by atoms with Crippen LogP contribution in [0.4, 0.5) is 5.82 Å². The Kier molecular flexibility index (Phi) is 3.56. The summed E-state index contributed by atoms with van der Waals surface area (Å²) in [5.74, 6) is 7.62. The minimum absolute atomic E-state index is 0.668. The summed E-state index contributed by atoms with van der Waals surface area (Å²) in [6.45, 7) is 1.90. The Morgan fingerprint density at radius 2 is 1.95 bits per heavy atom. The standard InChI is InChI=1S/C15H17N5O2/c1-9-6-15(18-16)20-14(17-9)8-12(19-20)11-5-4-10(21-2)7-13(11)22-3/h4-8,18H,16H2,1-3H3. The molecule has 0 aliphatic rings. The van der Waals surface area contributed by atoms with Gasteiger partial charge in [0.05, 0.1) is 19.9 Å². The van der Waals surface area contributed by atoms with E-state index >= 15 is 0 Å². The average molecular weight is 299 g/mol. The first-order chi connectivity index (χ1) is 10.7. The van der Waals surface area contributed by atoms with Crippen LogP contribution in [0.1, 0.15) is 5.69 Å². The van der Waals surface area contributed by atoms with E-state index in [1.165, 1.54) is 0 Å². The highest BCUT2D eigenvalue weighted by Crippen LogP contribution is 2.33. The molecule has 7 heteroatoms. The lowest BCUT2D eigenvalue weighted by molar-refractivity contribution is 0.395. The summed E-state index contributed by atoms with van der Waals surface area (Å²) in [6.07, 6.45) is 0. The third kappa shape index (κ3) is 2.31. The topological polar surface area (TPSA) is 86.7 Å². The van der Waals surface area contributed by atoms with Crippen molar-refractivity contribution in [2.75, 3.05) is 19.6 Å². The Hall–Kier alpha value is -2.80. The molecule has 0 atom stereocenters. The molecule has 0 radical (unpaired) electrons. The van der Waals surface area contributed by atoms with Crippen molar-refractivity contribution in [2.24, 2.45) is 5.84 Å². The Labute approximate surface area is 127 Å². The van der Waals surface area contributed by atoms with Crippen LogP contribution in [0.2, 0.25) is 0 Å². The number of methoxy groups -OCH3 is 2. The molecule has 0 amide bonds. The number of hydrazine groups is 1. The molecule has 2 aromatic heterocycles. The van der Waals surface area contributed by atoms with Crippen molar-refractivity contribution in [3.8, 4) is 22.8 Å². The van der Waals surface area contributed by atoms with Crippen LogP contribution in [0.25, 0.3) is 16.9 Å². The van der Waals surface area contributed by atoms with Crippen LogP contribution >= 0.6 is 0 Å². The minimum atomic E-state index is 0.668. The van der Waals surface area contributed by atoms with Crippen molar-refractivity contribution in [2.45, 2.75) is 6.92 Å². The number of nitrogens with two attached hydrogens (primary N) is 1. The quantitative estimate of drug-likeness (QED) is 0.566. The van der Waals surface area contributed by atoms with Gasteiger partial charge < -0.3 is 14.9 Å². The Morgan fingerprint density at radius 1 is 1.14 bits per heavy atom. The molecule has 3 aromatic rings.